The number of aromatic nitrogens is 3. The highest BCUT2D eigenvalue weighted by Crippen LogP contribution is 2.28. The van der Waals surface area contributed by atoms with Gasteiger partial charge in [-0.2, -0.15) is 0 Å². The van der Waals surface area contributed by atoms with Gasteiger partial charge in [-0.25, -0.2) is 9.97 Å². The van der Waals surface area contributed by atoms with Gasteiger partial charge in [0.15, 0.2) is 11.6 Å². The third-order valence-corrected chi connectivity index (χ3v) is 5.33. The Bertz CT molecular complexity index is 995. The van der Waals surface area contributed by atoms with E-state index in [9.17, 15) is 0 Å². The molecule has 2 aromatic heterocycles. The third-order valence-electron chi connectivity index (χ3n) is 5.33. The summed E-state index contributed by atoms with van der Waals surface area (Å²) in [5.74, 6) is 1.67. The van der Waals surface area contributed by atoms with Crippen LogP contribution in [0.2, 0.25) is 0 Å². The van der Waals surface area contributed by atoms with E-state index in [4.69, 9.17) is 19.7 Å². The minimum atomic E-state index is 0.674. The van der Waals surface area contributed by atoms with Crippen molar-refractivity contribution in [1.82, 2.24) is 20.3 Å². The number of hydrogen-bond acceptors (Lipinski definition) is 6. The molecule has 6 nitrogen and oxygen atoms in total. The Kier molecular flexibility index (Phi) is 4.66. The van der Waals surface area contributed by atoms with Crippen LogP contribution in [0.1, 0.15) is 24.0 Å². The molecule has 1 saturated heterocycles. The molecule has 1 aliphatic carbocycles. The summed E-state index contributed by atoms with van der Waals surface area (Å²) in [6.07, 6.45) is 4.51. The zero-order chi connectivity index (χ0) is 18.9. The number of anilines is 1. The van der Waals surface area contributed by atoms with Crippen molar-refractivity contribution in [1.29, 1.82) is 0 Å². The molecule has 28 heavy (non-hydrogen) atoms. The van der Waals surface area contributed by atoms with E-state index in [1.165, 1.54) is 24.0 Å². The standard InChI is InChI=1S/C22H25N5O/c1-15-3-2-4-17(11-15)21-25-19-12-16(13-23-18-5-6-18)14-24-20(19)22(26-21)27-7-9-28-10-8-27/h2-4,11-12,14,18,23H,5-10,13H2,1H3. The van der Waals surface area contributed by atoms with Crippen molar-refractivity contribution in [3.63, 3.8) is 0 Å². The van der Waals surface area contributed by atoms with Gasteiger partial charge >= 0.3 is 0 Å². The second-order valence-corrected chi connectivity index (χ2v) is 7.71. The van der Waals surface area contributed by atoms with Crippen LogP contribution in [0.25, 0.3) is 22.4 Å². The zero-order valence-electron chi connectivity index (χ0n) is 16.2. The molecule has 3 aromatic rings. The number of rotatable bonds is 5. The van der Waals surface area contributed by atoms with Gasteiger partial charge in [-0.05, 0) is 37.5 Å². The second-order valence-electron chi connectivity index (χ2n) is 7.71. The van der Waals surface area contributed by atoms with Crippen molar-refractivity contribution in [3.8, 4) is 11.4 Å². The first-order valence-electron chi connectivity index (χ1n) is 10.1. The van der Waals surface area contributed by atoms with Crippen molar-refractivity contribution in [3.05, 3.63) is 47.7 Å². The predicted octanol–water partition coefficient (Wildman–Crippen LogP) is 3.09. The van der Waals surface area contributed by atoms with Gasteiger partial charge in [-0.3, -0.25) is 4.98 Å². The Balaban J connectivity index is 1.59. The highest BCUT2D eigenvalue weighted by molar-refractivity contribution is 5.88. The lowest BCUT2D eigenvalue weighted by atomic mass is 10.1. The van der Waals surface area contributed by atoms with Gasteiger partial charge < -0.3 is 15.0 Å². The van der Waals surface area contributed by atoms with Gasteiger partial charge in [0, 0.05) is 37.4 Å². The Hall–Kier alpha value is -2.57. The predicted molar refractivity (Wildman–Crippen MR) is 110 cm³/mol. The zero-order valence-corrected chi connectivity index (χ0v) is 16.2. The van der Waals surface area contributed by atoms with Crippen LogP contribution < -0.4 is 10.2 Å². The van der Waals surface area contributed by atoms with Crippen LogP contribution in [-0.2, 0) is 11.3 Å². The molecule has 144 valence electrons. The highest BCUT2D eigenvalue weighted by Gasteiger charge is 2.21. The summed E-state index contributed by atoms with van der Waals surface area (Å²) in [4.78, 5) is 16.8. The quantitative estimate of drug-likeness (QED) is 0.739. The second kappa shape index (κ2) is 7.45. The summed E-state index contributed by atoms with van der Waals surface area (Å²) in [6.45, 7) is 6.02. The number of nitrogens with one attached hydrogen (secondary N) is 1. The first-order chi connectivity index (χ1) is 13.8. The lowest BCUT2D eigenvalue weighted by Crippen LogP contribution is -2.37. The molecule has 0 radical (unpaired) electrons. The number of hydrogen-bond donors (Lipinski definition) is 1. The van der Waals surface area contributed by atoms with Crippen LogP contribution in [0, 0.1) is 6.92 Å². The first kappa shape index (κ1) is 17.5. The molecule has 3 heterocycles. The van der Waals surface area contributed by atoms with Crippen molar-refractivity contribution in [2.75, 3.05) is 31.2 Å². The number of pyridine rings is 1. The Morgan fingerprint density at radius 2 is 2.00 bits per heavy atom. The fourth-order valence-electron chi connectivity index (χ4n) is 3.60. The fraction of sp³-hybridized carbons (Fsp3) is 0.409. The van der Waals surface area contributed by atoms with Crippen molar-refractivity contribution in [2.45, 2.75) is 32.4 Å². The largest absolute Gasteiger partial charge is 0.378 e. The average Bonchev–Trinajstić information content (AvgIpc) is 3.56. The maximum absolute atomic E-state index is 5.53. The monoisotopic (exact) mass is 375 g/mol. The minimum absolute atomic E-state index is 0.674. The van der Waals surface area contributed by atoms with Gasteiger partial charge in [0.05, 0.1) is 18.7 Å². The minimum Gasteiger partial charge on any atom is -0.378 e. The van der Waals surface area contributed by atoms with Gasteiger partial charge in [0.1, 0.15) is 5.52 Å². The van der Waals surface area contributed by atoms with E-state index in [1.807, 2.05) is 6.20 Å². The maximum atomic E-state index is 5.53. The lowest BCUT2D eigenvalue weighted by Gasteiger charge is -2.28. The summed E-state index contributed by atoms with van der Waals surface area (Å²) in [5.41, 5.74) is 5.19. The molecule has 1 aliphatic heterocycles. The molecule has 5 rings (SSSR count). The van der Waals surface area contributed by atoms with E-state index in [0.29, 0.717) is 19.3 Å². The summed E-state index contributed by atoms with van der Waals surface area (Å²) in [6, 6.07) is 11.2. The van der Waals surface area contributed by atoms with Gasteiger partial charge in [-0.15, -0.1) is 0 Å². The third kappa shape index (κ3) is 3.70. The number of ether oxygens (including phenoxy) is 1. The Labute approximate surface area is 165 Å². The number of fused-ring (bicyclic) bond motifs is 1. The van der Waals surface area contributed by atoms with E-state index < -0.39 is 0 Å². The smallest absolute Gasteiger partial charge is 0.162 e. The number of nitrogens with zero attached hydrogens (tertiary/aromatic N) is 4. The van der Waals surface area contributed by atoms with Crippen LogP contribution >= 0.6 is 0 Å². The lowest BCUT2D eigenvalue weighted by molar-refractivity contribution is 0.122. The molecule has 0 spiro atoms. The summed E-state index contributed by atoms with van der Waals surface area (Å²) in [5, 5.41) is 3.56. The van der Waals surface area contributed by atoms with Crippen molar-refractivity contribution >= 4 is 16.9 Å². The first-order valence-corrected chi connectivity index (χ1v) is 10.1. The van der Waals surface area contributed by atoms with Gasteiger partial charge in [0.25, 0.3) is 0 Å². The topological polar surface area (TPSA) is 63.2 Å². The summed E-state index contributed by atoms with van der Waals surface area (Å²) < 4.78 is 5.53. The van der Waals surface area contributed by atoms with Gasteiger partial charge in [0.2, 0.25) is 0 Å². The van der Waals surface area contributed by atoms with Crippen LogP contribution in [0.5, 0.6) is 0 Å². The Morgan fingerprint density at radius 1 is 1.14 bits per heavy atom. The van der Waals surface area contributed by atoms with E-state index in [2.05, 4.69) is 47.5 Å². The summed E-state index contributed by atoms with van der Waals surface area (Å²) in [7, 11) is 0. The molecule has 1 N–H and O–H groups in total. The molecule has 1 saturated carbocycles. The summed E-state index contributed by atoms with van der Waals surface area (Å²) >= 11 is 0. The Morgan fingerprint density at radius 3 is 2.79 bits per heavy atom. The van der Waals surface area contributed by atoms with Crippen LogP contribution in [0.15, 0.2) is 36.5 Å². The molecule has 2 fully saturated rings. The number of benzene rings is 1. The normalized spacial score (nSPS) is 17.2. The average molecular weight is 375 g/mol. The molecule has 0 atom stereocenters. The molecule has 0 unspecified atom stereocenters. The van der Waals surface area contributed by atoms with E-state index in [0.717, 1.165) is 47.9 Å². The van der Waals surface area contributed by atoms with E-state index in [-0.39, 0.29) is 0 Å². The van der Waals surface area contributed by atoms with Crippen molar-refractivity contribution < 1.29 is 4.74 Å². The van der Waals surface area contributed by atoms with Gasteiger partial charge in [-0.1, -0.05) is 23.8 Å². The molecule has 0 amide bonds. The molecule has 0 bridgehead atoms. The molecular formula is C22H25N5O. The molecule has 2 aliphatic rings. The fourth-order valence-corrected chi connectivity index (χ4v) is 3.60. The van der Waals surface area contributed by atoms with Crippen LogP contribution in [0.3, 0.4) is 0 Å². The number of morpholine rings is 1. The van der Waals surface area contributed by atoms with E-state index in [1.54, 1.807) is 0 Å². The highest BCUT2D eigenvalue weighted by atomic mass is 16.5. The SMILES string of the molecule is Cc1cccc(-c2nc(N3CCOCC3)c3ncc(CNC4CC4)cc3n2)c1. The van der Waals surface area contributed by atoms with Crippen LogP contribution in [0.4, 0.5) is 5.82 Å². The molecule has 1 aromatic carbocycles. The molecular weight excluding hydrogens is 350 g/mol. The van der Waals surface area contributed by atoms with Crippen molar-refractivity contribution in [2.24, 2.45) is 0 Å². The maximum Gasteiger partial charge on any atom is 0.162 e. The molecule has 6 heteroatoms. The van der Waals surface area contributed by atoms with Crippen LogP contribution in [-0.4, -0.2) is 47.3 Å². The number of aryl methyl sites for hydroxylation is 1. The van der Waals surface area contributed by atoms with E-state index >= 15 is 0 Å².